The summed E-state index contributed by atoms with van der Waals surface area (Å²) in [6.45, 7) is 2.58. The maximum absolute atomic E-state index is 13.6. The van der Waals surface area contributed by atoms with Crippen LogP contribution in [-0.2, 0) is 22.6 Å². The number of hydrogen-bond acceptors (Lipinski definition) is 3. The molecule has 0 spiro atoms. The van der Waals surface area contributed by atoms with Gasteiger partial charge in [0.05, 0.1) is 0 Å². The highest BCUT2D eigenvalue weighted by atomic mass is 19.1. The van der Waals surface area contributed by atoms with Crippen molar-refractivity contribution in [2.45, 2.75) is 26.3 Å². The van der Waals surface area contributed by atoms with Gasteiger partial charge in [0.1, 0.15) is 5.82 Å². The van der Waals surface area contributed by atoms with E-state index in [1.807, 2.05) is 12.1 Å². The van der Waals surface area contributed by atoms with E-state index in [1.165, 1.54) is 13.0 Å². The van der Waals surface area contributed by atoms with Gasteiger partial charge in [-0.3, -0.25) is 14.6 Å². The molecular formula is C19H22FN3O2. The van der Waals surface area contributed by atoms with Gasteiger partial charge in [0, 0.05) is 45.4 Å². The summed E-state index contributed by atoms with van der Waals surface area (Å²) < 4.78 is 13.6. The van der Waals surface area contributed by atoms with Crippen LogP contribution in [0.2, 0.25) is 0 Å². The fourth-order valence-corrected chi connectivity index (χ4v) is 2.41. The molecular weight excluding hydrogens is 321 g/mol. The zero-order valence-electron chi connectivity index (χ0n) is 14.2. The van der Waals surface area contributed by atoms with Crippen molar-refractivity contribution >= 4 is 11.8 Å². The number of aromatic nitrogens is 1. The summed E-state index contributed by atoms with van der Waals surface area (Å²) in [5, 5.41) is 2.81. The quantitative estimate of drug-likeness (QED) is 0.800. The van der Waals surface area contributed by atoms with E-state index in [0.717, 1.165) is 5.56 Å². The molecule has 0 saturated carbocycles. The Morgan fingerprint density at radius 3 is 2.52 bits per heavy atom. The van der Waals surface area contributed by atoms with Crippen molar-refractivity contribution in [1.29, 1.82) is 0 Å². The van der Waals surface area contributed by atoms with Crippen molar-refractivity contribution in [3.8, 4) is 0 Å². The summed E-state index contributed by atoms with van der Waals surface area (Å²) in [6, 6.07) is 10.2. The lowest BCUT2D eigenvalue weighted by molar-refractivity contribution is -0.129. The second-order valence-electron chi connectivity index (χ2n) is 5.73. The van der Waals surface area contributed by atoms with E-state index in [-0.39, 0.29) is 24.1 Å². The van der Waals surface area contributed by atoms with Crippen LogP contribution in [0.3, 0.4) is 0 Å². The first kappa shape index (κ1) is 18.6. The van der Waals surface area contributed by atoms with Gasteiger partial charge in [-0.05, 0) is 35.7 Å². The molecule has 2 amide bonds. The highest BCUT2D eigenvalue weighted by Crippen LogP contribution is 2.08. The smallest absolute Gasteiger partial charge is 0.222 e. The second kappa shape index (κ2) is 9.52. The minimum atomic E-state index is -0.277. The Hall–Kier alpha value is -2.76. The lowest BCUT2D eigenvalue weighted by Crippen LogP contribution is -2.35. The van der Waals surface area contributed by atoms with Gasteiger partial charge >= 0.3 is 0 Å². The molecule has 0 bridgehead atoms. The zero-order chi connectivity index (χ0) is 18.1. The zero-order valence-corrected chi connectivity index (χ0v) is 14.2. The molecule has 0 aliphatic carbocycles. The van der Waals surface area contributed by atoms with E-state index >= 15 is 0 Å². The van der Waals surface area contributed by atoms with Gasteiger partial charge in [-0.2, -0.15) is 0 Å². The number of pyridine rings is 1. The van der Waals surface area contributed by atoms with Gasteiger partial charge in [-0.25, -0.2) is 4.39 Å². The molecule has 0 atom stereocenters. The Labute approximate surface area is 146 Å². The molecule has 2 aromatic rings. The van der Waals surface area contributed by atoms with Crippen molar-refractivity contribution in [3.05, 3.63) is 65.7 Å². The van der Waals surface area contributed by atoms with Crippen molar-refractivity contribution in [3.63, 3.8) is 0 Å². The lowest BCUT2D eigenvalue weighted by Gasteiger charge is -2.21. The Morgan fingerprint density at radius 2 is 1.84 bits per heavy atom. The Kier molecular flexibility index (Phi) is 7.07. The topological polar surface area (TPSA) is 62.3 Å². The van der Waals surface area contributed by atoms with Gasteiger partial charge < -0.3 is 10.2 Å². The maximum Gasteiger partial charge on any atom is 0.222 e. The number of carbonyl (C=O) groups excluding carboxylic acids is 2. The molecule has 1 aromatic carbocycles. The number of halogens is 1. The number of carbonyl (C=O) groups is 2. The average molecular weight is 343 g/mol. The lowest BCUT2D eigenvalue weighted by atomic mass is 10.1. The summed E-state index contributed by atoms with van der Waals surface area (Å²) >= 11 is 0. The van der Waals surface area contributed by atoms with E-state index < -0.39 is 0 Å². The Bertz CT molecular complexity index is 707. The van der Waals surface area contributed by atoms with Crippen LogP contribution >= 0.6 is 0 Å². The van der Waals surface area contributed by atoms with Gasteiger partial charge in [0.2, 0.25) is 11.8 Å². The largest absolute Gasteiger partial charge is 0.352 e. The fraction of sp³-hybridized carbons (Fsp3) is 0.316. The molecule has 0 fully saturated rings. The summed E-state index contributed by atoms with van der Waals surface area (Å²) in [5.74, 6) is -0.534. The van der Waals surface area contributed by atoms with Gasteiger partial charge in [-0.15, -0.1) is 0 Å². The van der Waals surface area contributed by atoms with Crippen molar-refractivity contribution < 1.29 is 14.0 Å². The molecule has 0 unspecified atom stereocenters. The second-order valence-corrected chi connectivity index (χ2v) is 5.73. The van der Waals surface area contributed by atoms with E-state index in [2.05, 4.69) is 10.3 Å². The molecule has 1 heterocycles. The number of amides is 2. The highest BCUT2D eigenvalue weighted by Gasteiger charge is 2.12. The predicted octanol–water partition coefficient (Wildman–Crippen LogP) is 2.32. The fourth-order valence-electron chi connectivity index (χ4n) is 2.41. The van der Waals surface area contributed by atoms with Crippen LogP contribution in [0.15, 0.2) is 48.8 Å². The first-order chi connectivity index (χ1) is 12.1. The minimum absolute atomic E-state index is 0.127. The van der Waals surface area contributed by atoms with Crippen LogP contribution in [0.5, 0.6) is 0 Å². The van der Waals surface area contributed by atoms with Crippen molar-refractivity contribution in [2.75, 3.05) is 13.1 Å². The molecule has 132 valence electrons. The normalized spacial score (nSPS) is 10.3. The first-order valence-electron chi connectivity index (χ1n) is 8.21. The number of nitrogens with one attached hydrogen (secondary N) is 1. The molecule has 0 radical (unpaired) electrons. The first-order valence-corrected chi connectivity index (χ1v) is 8.21. The van der Waals surface area contributed by atoms with Crippen LogP contribution in [0.25, 0.3) is 0 Å². The molecule has 25 heavy (non-hydrogen) atoms. The van der Waals surface area contributed by atoms with Crippen LogP contribution in [0.4, 0.5) is 4.39 Å². The summed E-state index contributed by atoms with van der Waals surface area (Å²) in [4.78, 5) is 29.2. The molecule has 1 N–H and O–H groups in total. The summed E-state index contributed by atoms with van der Waals surface area (Å²) in [5.41, 5.74) is 1.53. The molecule has 2 rings (SSSR count). The van der Waals surface area contributed by atoms with Crippen molar-refractivity contribution in [1.82, 2.24) is 15.2 Å². The minimum Gasteiger partial charge on any atom is -0.352 e. The van der Waals surface area contributed by atoms with Gasteiger partial charge in [0.15, 0.2) is 0 Å². The molecule has 6 heteroatoms. The number of benzene rings is 1. The summed E-state index contributed by atoms with van der Waals surface area (Å²) in [7, 11) is 0. The van der Waals surface area contributed by atoms with Gasteiger partial charge in [-0.1, -0.05) is 18.2 Å². The third-order valence-electron chi connectivity index (χ3n) is 3.90. The molecule has 1 aromatic heterocycles. The maximum atomic E-state index is 13.6. The molecule has 0 saturated heterocycles. The average Bonchev–Trinajstić information content (AvgIpc) is 2.62. The van der Waals surface area contributed by atoms with Crippen LogP contribution in [0, 0.1) is 5.82 Å². The number of nitrogens with zero attached hydrogens (tertiary/aromatic N) is 2. The number of rotatable bonds is 8. The molecule has 5 nitrogen and oxygen atoms in total. The standard InChI is InChI=1S/C19H22FN3O2/c1-15(24)23(12-8-17-4-2-3-5-18(17)20)13-9-19(25)22-14-16-6-10-21-11-7-16/h2-7,10-11H,8-9,12-14H2,1H3,(H,22,25). The highest BCUT2D eigenvalue weighted by molar-refractivity contribution is 5.78. The SMILES string of the molecule is CC(=O)N(CCC(=O)NCc1ccncc1)CCc1ccccc1F. The van der Waals surface area contributed by atoms with Crippen LogP contribution < -0.4 is 5.32 Å². The third kappa shape index (κ3) is 6.33. The third-order valence-corrected chi connectivity index (χ3v) is 3.90. The molecule has 0 aliphatic heterocycles. The van der Waals surface area contributed by atoms with Crippen molar-refractivity contribution in [2.24, 2.45) is 0 Å². The monoisotopic (exact) mass is 343 g/mol. The van der Waals surface area contributed by atoms with E-state index in [0.29, 0.717) is 31.6 Å². The Morgan fingerprint density at radius 1 is 1.12 bits per heavy atom. The Balaban J connectivity index is 1.78. The van der Waals surface area contributed by atoms with E-state index in [9.17, 15) is 14.0 Å². The predicted molar refractivity (Wildman–Crippen MR) is 93.1 cm³/mol. The molecule has 0 aliphatic rings. The summed E-state index contributed by atoms with van der Waals surface area (Å²) in [6.07, 6.45) is 3.97. The van der Waals surface area contributed by atoms with Crippen LogP contribution in [0.1, 0.15) is 24.5 Å². The van der Waals surface area contributed by atoms with E-state index in [4.69, 9.17) is 0 Å². The number of hydrogen-bond donors (Lipinski definition) is 1. The van der Waals surface area contributed by atoms with Crippen LogP contribution in [-0.4, -0.2) is 34.8 Å². The van der Waals surface area contributed by atoms with Gasteiger partial charge in [0.25, 0.3) is 0 Å². The van der Waals surface area contributed by atoms with E-state index in [1.54, 1.807) is 35.5 Å².